The van der Waals surface area contributed by atoms with E-state index in [1.165, 1.54) is 0 Å². The minimum absolute atomic E-state index is 0.0548. The second-order valence-corrected chi connectivity index (χ2v) is 7.41. The molecule has 3 rings (SSSR count). The molecule has 0 spiro atoms. The number of hydrogen-bond acceptors (Lipinski definition) is 5. The van der Waals surface area contributed by atoms with Gasteiger partial charge in [-0.15, -0.1) is 22.7 Å². The van der Waals surface area contributed by atoms with Crippen LogP contribution in [0.1, 0.15) is 29.2 Å². The van der Waals surface area contributed by atoms with Gasteiger partial charge in [-0.2, -0.15) is 0 Å². The van der Waals surface area contributed by atoms with E-state index in [4.69, 9.17) is 0 Å². The first kappa shape index (κ1) is 15.1. The van der Waals surface area contributed by atoms with Crippen LogP contribution < -0.4 is 0 Å². The molecule has 2 aromatic heterocycles. The minimum atomic E-state index is 0.0548. The lowest BCUT2D eigenvalue weighted by Crippen LogP contribution is -2.33. The van der Waals surface area contributed by atoms with E-state index in [-0.39, 0.29) is 5.91 Å². The number of benzene rings is 1. The largest absolute Gasteiger partial charge is 0.332 e. The Hall–Kier alpha value is -1.79. The van der Waals surface area contributed by atoms with Crippen LogP contribution in [-0.4, -0.2) is 27.3 Å². The highest BCUT2D eigenvalue weighted by Crippen LogP contribution is 2.21. The molecular weight excluding hydrogens is 314 g/mol. The molecule has 0 aliphatic carbocycles. The van der Waals surface area contributed by atoms with E-state index < -0.39 is 0 Å². The number of nitrogens with zero attached hydrogens (tertiary/aromatic N) is 3. The van der Waals surface area contributed by atoms with E-state index in [0.29, 0.717) is 18.0 Å². The zero-order valence-electron chi connectivity index (χ0n) is 12.5. The molecule has 0 fully saturated rings. The van der Waals surface area contributed by atoms with Gasteiger partial charge >= 0.3 is 0 Å². The van der Waals surface area contributed by atoms with Crippen LogP contribution in [0.25, 0.3) is 10.2 Å². The summed E-state index contributed by atoms with van der Waals surface area (Å²) in [4.78, 5) is 23.3. The first-order valence-corrected chi connectivity index (χ1v) is 8.90. The fraction of sp³-hybridized carbons (Fsp3) is 0.312. The summed E-state index contributed by atoms with van der Waals surface area (Å²) in [6, 6.07) is 5.71. The van der Waals surface area contributed by atoms with Crippen LogP contribution in [0, 0.1) is 5.92 Å². The zero-order valence-corrected chi connectivity index (χ0v) is 14.2. The lowest BCUT2D eigenvalue weighted by atomic mass is 10.1. The maximum absolute atomic E-state index is 12.9. The number of carbonyl (C=O) groups is 1. The number of hydrogen-bond donors (Lipinski definition) is 0. The molecule has 22 heavy (non-hydrogen) atoms. The van der Waals surface area contributed by atoms with Gasteiger partial charge in [0.05, 0.1) is 22.3 Å². The van der Waals surface area contributed by atoms with Gasteiger partial charge in [0.25, 0.3) is 5.91 Å². The standard InChI is InChI=1S/C16H17N3OS2/c1-11(2)8-19(9-15-17-5-6-21-15)16(20)12-3-4-13-14(7-12)22-10-18-13/h3-7,10-11H,8-9H2,1-2H3. The van der Waals surface area contributed by atoms with Crippen molar-refractivity contribution in [3.63, 3.8) is 0 Å². The zero-order chi connectivity index (χ0) is 15.5. The minimum Gasteiger partial charge on any atom is -0.332 e. The molecule has 4 nitrogen and oxygen atoms in total. The molecule has 1 aromatic carbocycles. The predicted octanol–water partition coefficient (Wildman–Crippen LogP) is 4.05. The SMILES string of the molecule is CC(C)CN(Cc1nccs1)C(=O)c1ccc2ncsc2c1. The first-order valence-electron chi connectivity index (χ1n) is 7.14. The molecule has 0 aliphatic rings. The van der Waals surface area contributed by atoms with Gasteiger partial charge < -0.3 is 4.90 Å². The Kier molecular flexibility index (Phi) is 4.49. The third-order valence-electron chi connectivity index (χ3n) is 3.26. The highest BCUT2D eigenvalue weighted by Gasteiger charge is 2.19. The van der Waals surface area contributed by atoms with Crippen molar-refractivity contribution < 1.29 is 4.79 Å². The Bertz CT molecular complexity index is 765. The first-order chi connectivity index (χ1) is 10.6. The van der Waals surface area contributed by atoms with E-state index in [1.807, 2.05) is 28.5 Å². The summed E-state index contributed by atoms with van der Waals surface area (Å²) in [5, 5.41) is 2.91. The number of fused-ring (bicyclic) bond motifs is 1. The summed E-state index contributed by atoms with van der Waals surface area (Å²) in [6.45, 7) is 5.53. The fourth-order valence-electron chi connectivity index (χ4n) is 2.33. The maximum atomic E-state index is 12.9. The van der Waals surface area contributed by atoms with Crippen molar-refractivity contribution in [2.45, 2.75) is 20.4 Å². The maximum Gasteiger partial charge on any atom is 0.254 e. The van der Waals surface area contributed by atoms with Gasteiger partial charge in [0.2, 0.25) is 0 Å². The molecule has 1 amide bonds. The van der Waals surface area contributed by atoms with E-state index in [1.54, 1.807) is 34.4 Å². The molecular formula is C16H17N3OS2. The number of carbonyl (C=O) groups excluding carboxylic acids is 1. The molecule has 2 heterocycles. The Balaban J connectivity index is 1.86. The molecule has 0 radical (unpaired) electrons. The smallest absolute Gasteiger partial charge is 0.254 e. The molecule has 6 heteroatoms. The summed E-state index contributed by atoms with van der Waals surface area (Å²) < 4.78 is 1.05. The Morgan fingerprint density at radius 2 is 2.14 bits per heavy atom. The van der Waals surface area contributed by atoms with Crippen LogP contribution >= 0.6 is 22.7 Å². The van der Waals surface area contributed by atoms with Gasteiger partial charge in [0.15, 0.2) is 0 Å². The van der Waals surface area contributed by atoms with Crippen LogP contribution in [0.2, 0.25) is 0 Å². The van der Waals surface area contributed by atoms with Crippen molar-refractivity contribution >= 4 is 38.8 Å². The second kappa shape index (κ2) is 6.54. The average Bonchev–Trinajstić information content (AvgIpc) is 3.15. The third kappa shape index (κ3) is 3.34. The third-order valence-corrected chi connectivity index (χ3v) is 4.82. The summed E-state index contributed by atoms with van der Waals surface area (Å²) in [7, 11) is 0. The van der Waals surface area contributed by atoms with Crippen molar-refractivity contribution in [2.75, 3.05) is 6.54 Å². The quantitative estimate of drug-likeness (QED) is 0.708. The highest BCUT2D eigenvalue weighted by molar-refractivity contribution is 7.16. The number of thiazole rings is 2. The monoisotopic (exact) mass is 331 g/mol. The fourth-order valence-corrected chi connectivity index (χ4v) is 3.67. The van der Waals surface area contributed by atoms with Gasteiger partial charge in [-0.3, -0.25) is 4.79 Å². The van der Waals surface area contributed by atoms with Gasteiger partial charge in [0.1, 0.15) is 5.01 Å². The molecule has 0 bridgehead atoms. The molecule has 0 unspecified atom stereocenters. The van der Waals surface area contributed by atoms with Gasteiger partial charge in [-0.25, -0.2) is 9.97 Å². The summed E-state index contributed by atoms with van der Waals surface area (Å²) in [5.74, 6) is 0.468. The Labute approximate surface area is 137 Å². The molecule has 0 atom stereocenters. The molecule has 0 saturated carbocycles. The normalized spacial score (nSPS) is 11.2. The van der Waals surface area contributed by atoms with E-state index in [2.05, 4.69) is 23.8 Å². The van der Waals surface area contributed by atoms with Gasteiger partial charge in [0, 0.05) is 23.7 Å². The number of rotatable bonds is 5. The van der Waals surface area contributed by atoms with E-state index in [9.17, 15) is 4.79 Å². The van der Waals surface area contributed by atoms with Crippen molar-refractivity contribution in [3.8, 4) is 0 Å². The van der Waals surface area contributed by atoms with Crippen LogP contribution in [0.4, 0.5) is 0 Å². The lowest BCUT2D eigenvalue weighted by molar-refractivity contribution is 0.0722. The van der Waals surface area contributed by atoms with Crippen molar-refractivity contribution in [1.29, 1.82) is 0 Å². The van der Waals surface area contributed by atoms with E-state index in [0.717, 1.165) is 21.8 Å². The molecule has 0 aliphatic heterocycles. The number of amides is 1. The van der Waals surface area contributed by atoms with Crippen molar-refractivity contribution in [3.05, 3.63) is 45.9 Å². The van der Waals surface area contributed by atoms with Gasteiger partial charge in [-0.05, 0) is 24.1 Å². The van der Waals surface area contributed by atoms with Crippen LogP contribution in [-0.2, 0) is 6.54 Å². The topological polar surface area (TPSA) is 46.1 Å². The van der Waals surface area contributed by atoms with Crippen LogP contribution in [0.3, 0.4) is 0 Å². The molecule has 114 valence electrons. The Morgan fingerprint density at radius 1 is 1.27 bits per heavy atom. The predicted molar refractivity (Wildman–Crippen MR) is 91.3 cm³/mol. The van der Waals surface area contributed by atoms with Crippen molar-refractivity contribution in [1.82, 2.24) is 14.9 Å². The Morgan fingerprint density at radius 3 is 2.86 bits per heavy atom. The molecule has 0 N–H and O–H groups in total. The van der Waals surface area contributed by atoms with Crippen LogP contribution in [0.15, 0.2) is 35.3 Å². The van der Waals surface area contributed by atoms with Crippen molar-refractivity contribution in [2.24, 2.45) is 5.92 Å². The summed E-state index contributed by atoms with van der Waals surface area (Å²) >= 11 is 3.14. The summed E-state index contributed by atoms with van der Waals surface area (Å²) in [6.07, 6.45) is 1.78. The highest BCUT2D eigenvalue weighted by atomic mass is 32.1. The summed E-state index contributed by atoms with van der Waals surface area (Å²) in [5.41, 5.74) is 3.46. The van der Waals surface area contributed by atoms with E-state index >= 15 is 0 Å². The number of aromatic nitrogens is 2. The second-order valence-electron chi connectivity index (χ2n) is 5.54. The van der Waals surface area contributed by atoms with Gasteiger partial charge in [-0.1, -0.05) is 13.8 Å². The molecule has 0 saturated heterocycles. The molecule has 3 aromatic rings. The van der Waals surface area contributed by atoms with Crippen LogP contribution in [0.5, 0.6) is 0 Å². The average molecular weight is 331 g/mol. The lowest BCUT2D eigenvalue weighted by Gasteiger charge is -2.23.